The number of halogens is 1. The molecule has 1 atom stereocenters. The van der Waals surface area contributed by atoms with Crippen LogP contribution < -0.4 is 11.1 Å². The number of rotatable bonds is 6. The SMILES string of the molecule is Cc1ccc2nc(C)c(C(=O)NCC(Cc3ccc(F)cc3)C(N)=O)cc2c1. The molecule has 2 aromatic carbocycles. The minimum Gasteiger partial charge on any atom is -0.369 e. The lowest BCUT2D eigenvalue weighted by atomic mass is 9.98. The predicted octanol–water partition coefficient (Wildman–Crippen LogP) is 3.06. The first kappa shape index (κ1) is 19.5. The van der Waals surface area contributed by atoms with E-state index in [4.69, 9.17) is 5.73 Å². The number of nitrogens with two attached hydrogens (primary N) is 1. The van der Waals surface area contributed by atoms with Gasteiger partial charge in [-0.25, -0.2) is 4.39 Å². The van der Waals surface area contributed by atoms with Crippen molar-refractivity contribution >= 4 is 22.7 Å². The molecule has 5 nitrogen and oxygen atoms in total. The molecule has 3 rings (SSSR count). The third kappa shape index (κ3) is 4.52. The van der Waals surface area contributed by atoms with Gasteiger partial charge in [-0.2, -0.15) is 0 Å². The molecule has 2 amide bonds. The topological polar surface area (TPSA) is 85.1 Å². The van der Waals surface area contributed by atoms with Crippen LogP contribution in [0.1, 0.15) is 27.2 Å². The number of carbonyl (C=O) groups excluding carboxylic acids is 2. The van der Waals surface area contributed by atoms with E-state index in [0.29, 0.717) is 17.7 Å². The van der Waals surface area contributed by atoms with Crippen LogP contribution in [0.4, 0.5) is 4.39 Å². The normalized spacial score (nSPS) is 12.0. The van der Waals surface area contributed by atoms with E-state index >= 15 is 0 Å². The van der Waals surface area contributed by atoms with Crippen molar-refractivity contribution in [3.05, 3.63) is 76.7 Å². The second kappa shape index (κ2) is 8.17. The van der Waals surface area contributed by atoms with Crippen LogP contribution in [0.25, 0.3) is 10.9 Å². The van der Waals surface area contributed by atoms with Crippen LogP contribution in [0.2, 0.25) is 0 Å². The number of primary amides is 1. The van der Waals surface area contributed by atoms with Gasteiger partial charge in [-0.1, -0.05) is 23.8 Å². The summed E-state index contributed by atoms with van der Waals surface area (Å²) in [6.45, 7) is 3.85. The Balaban J connectivity index is 1.74. The molecule has 1 aromatic heterocycles. The van der Waals surface area contributed by atoms with Crippen LogP contribution in [0.15, 0.2) is 48.5 Å². The third-order valence-corrected chi connectivity index (χ3v) is 4.71. The van der Waals surface area contributed by atoms with Gasteiger partial charge in [-0.15, -0.1) is 0 Å². The smallest absolute Gasteiger partial charge is 0.253 e. The second-order valence-electron chi connectivity index (χ2n) is 6.96. The Hall–Kier alpha value is -3.28. The van der Waals surface area contributed by atoms with Gasteiger partial charge in [0.05, 0.1) is 22.7 Å². The number of amides is 2. The molecule has 144 valence electrons. The van der Waals surface area contributed by atoms with E-state index in [1.807, 2.05) is 25.1 Å². The van der Waals surface area contributed by atoms with Gasteiger partial charge < -0.3 is 11.1 Å². The number of pyridine rings is 1. The van der Waals surface area contributed by atoms with Crippen LogP contribution in [0, 0.1) is 25.6 Å². The highest BCUT2D eigenvalue weighted by Crippen LogP contribution is 2.18. The summed E-state index contributed by atoms with van der Waals surface area (Å²) in [4.78, 5) is 28.9. The largest absolute Gasteiger partial charge is 0.369 e. The Morgan fingerprint density at radius 1 is 1.11 bits per heavy atom. The molecule has 3 N–H and O–H groups in total. The monoisotopic (exact) mass is 379 g/mol. The van der Waals surface area contributed by atoms with E-state index < -0.39 is 11.8 Å². The molecule has 0 saturated carbocycles. The Labute approximate surface area is 162 Å². The van der Waals surface area contributed by atoms with E-state index in [-0.39, 0.29) is 18.3 Å². The number of carbonyl (C=O) groups is 2. The first-order valence-corrected chi connectivity index (χ1v) is 9.03. The minimum atomic E-state index is -0.592. The summed E-state index contributed by atoms with van der Waals surface area (Å²) in [5.41, 5.74) is 9.24. The van der Waals surface area contributed by atoms with Crippen molar-refractivity contribution in [1.82, 2.24) is 10.3 Å². The summed E-state index contributed by atoms with van der Waals surface area (Å²) >= 11 is 0. The fourth-order valence-electron chi connectivity index (χ4n) is 3.11. The van der Waals surface area contributed by atoms with Gasteiger partial charge in [0.1, 0.15) is 5.82 Å². The molecule has 3 aromatic rings. The number of benzene rings is 2. The first-order valence-electron chi connectivity index (χ1n) is 9.03. The number of nitrogens with zero attached hydrogens (tertiary/aromatic N) is 1. The molecule has 0 aliphatic rings. The maximum Gasteiger partial charge on any atom is 0.253 e. The van der Waals surface area contributed by atoms with Crippen molar-refractivity contribution in [2.24, 2.45) is 11.7 Å². The quantitative estimate of drug-likeness (QED) is 0.690. The van der Waals surface area contributed by atoms with Gasteiger partial charge in [-0.3, -0.25) is 14.6 Å². The van der Waals surface area contributed by atoms with E-state index in [1.165, 1.54) is 12.1 Å². The van der Waals surface area contributed by atoms with E-state index in [0.717, 1.165) is 22.0 Å². The molecule has 0 spiro atoms. The van der Waals surface area contributed by atoms with Gasteiger partial charge in [-0.05, 0) is 56.2 Å². The molecular formula is C22H22FN3O2. The number of nitrogens with one attached hydrogen (secondary N) is 1. The van der Waals surface area contributed by atoms with Crippen LogP contribution in [-0.4, -0.2) is 23.3 Å². The number of aromatic nitrogens is 1. The summed E-state index contributed by atoms with van der Waals surface area (Å²) in [6.07, 6.45) is 0.323. The summed E-state index contributed by atoms with van der Waals surface area (Å²) in [7, 11) is 0. The van der Waals surface area contributed by atoms with E-state index in [9.17, 15) is 14.0 Å². The van der Waals surface area contributed by atoms with Crippen LogP contribution in [0.5, 0.6) is 0 Å². The number of hydrogen-bond donors (Lipinski definition) is 2. The fourth-order valence-corrected chi connectivity index (χ4v) is 3.11. The van der Waals surface area contributed by atoms with Crippen molar-refractivity contribution in [3.8, 4) is 0 Å². The Morgan fingerprint density at radius 3 is 2.50 bits per heavy atom. The molecule has 28 heavy (non-hydrogen) atoms. The lowest BCUT2D eigenvalue weighted by molar-refractivity contribution is -0.121. The van der Waals surface area contributed by atoms with E-state index in [1.54, 1.807) is 25.1 Å². The minimum absolute atomic E-state index is 0.0941. The summed E-state index contributed by atoms with van der Waals surface area (Å²) < 4.78 is 13.0. The maximum absolute atomic E-state index is 13.0. The van der Waals surface area contributed by atoms with Crippen LogP contribution in [-0.2, 0) is 11.2 Å². The van der Waals surface area contributed by atoms with Gasteiger partial charge >= 0.3 is 0 Å². The lowest BCUT2D eigenvalue weighted by Gasteiger charge is -2.15. The second-order valence-corrected chi connectivity index (χ2v) is 6.96. The van der Waals surface area contributed by atoms with Gasteiger partial charge in [0.15, 0.2) is 0 Å². The third-order valence-electron chi connectivity index (χ3n) is 4.71. The first-order chi connectivity index (χ1) is 13.3. The van der Waals surface area contributed by atoms with E-state index in [2.05, 4.69) is 10.3 Å². The number of fused-ring (bicyclic) bond motifs is 1. The molecule has 1 unspecified atom stereocenters. The standard InChI is InChI=1S/C22H22FN3O2/c1-13-3-8-20-16(9-13)11-19(14(2)26-20)22(28)25-12-17(21(24)27)10-15-4-6-18(23)7-5-15/h3-9,11,17H,10,12H2,1-2H3,(H2,24,27)(H,25,28). The number of aryl methyl sites for hydroxylation is 2. The molecule has 6 heteroatoms. The Bertz CT molecular complexity index is 1030. The van der Waals surface area contributed by atoms with Crippen molar-refractivity contribution in [1.29, 1.82) is 0 Å². The van der Waals surface area contributed by atoms with Gasteiger partial charge in [0, 0.05) is 11.9 Å². The Morgan fingerprint density at radius 2 is 1.82 bits per heavy atom. The molecule has 1 heterocycles. The van der Waals surface area contributed by atoms with Crippen molar-refractivity contribution < 1.29 is 14.0 Å². The molecule has 0 radical (unpaired) electrons. The van der Waals surface area contributed by atoms with Crippen LogP contribution >= 0.6 is 0 Å². The van der Waals surface area contributed by atoms with Gasteiger partial charge in [0.25, 0.3) is 5.91 Å². The average molecular weight is 379 g/mol. The van der Waals surface area contributed by atoms with Crippen LogP contribution in [0.3, 0.4) is 0 Å². The van der Waals surface area contributed by atoms with Crippen molar-refractivity contribution in [2.75, 3.05) is 6.54 Å². The maximum atomic E-state index is 13.0. The molecular weight excluding hydrogens is 357 g/mol. The zero-order valence-electron chi connectivity index (χ0n) is 15.8. The van der Waals surface area contributed by atoms with Crippen molar-refractivity contribution in [3.63, 3.8) is 0 Å². The van der Waals surface area contributed by atoms with Crippen molar-refractivity contribution in [2.45, 2.75) is 20.3 Å². The predicted molar refractivity (Wildman–Crippen MR) is 106 cm³/mol. The van der Waals surface area contributed by atoms with Gasteiger partial charge in [0.2, 0.25) is 5.91 Å². The fraction of sp³-hybridized carbons (Fsp3) is 0.227. The summed E-state index contributed by atoms with van der Waals surface area (Å²) in [5, 5.41) is 3.66. The molecule has 0 aliphatic carbocycles. The molecule has 0 bridgehead atoms. The highest BCUT2D eigenvalue weighted by Gasteiger charge is 2.19. The highest BCUT2D eigenvalue weighted by atomic mass is 19.1. The molecule has 0 saturated heterocycles. The zero-order chi connectivity index (χ0) is 20.3. The number of hydrogen-bond acceptors (Lipinski definition) is 3. The molecule has 0 fully saturated rings. The zero-order valence-corrected chi connectivity index (χ0v) is 15.8. The highest BCUT2D eigenvalue weighted by molar-refractivity contribution is 5.98. The average Bonchev–Trinajstić information content (AvgIpc) is 2.66. The summed E-state index contributed by atoms with van der Waals surface area (Å²) in [5.74, 6) is -1.76. The Kier molecular flexibility index (Phi) is 5.68. The molecule has 0 aliphatic heterocycles. The summed E-state index contributed by atoms with van der Waals surface area (Å²) in [6, 6.07) is 13.5. The lowest BCUT2D eigenvalue weighted by Crippen LogP contribution is -2.37.